The van der Waals surface area contributed by atoms with Crippen LogP contribution in [0, 0.1) is 0 Å². The van der Waals surface area contributed by atoms with E-state index < -0.39 is 10.0 Å². The van der Waals surface area contributed by atoms with E-state index in [0.29, 0.717) is 17.8 Å². The Kier molecular flexibility index (Phi) is 6.61. The SMILES string of the molecule is CS(=O)(=O)N(Cc1ccc(C(=O)NCC2=CCCCC2)cc1)c1ccc2ccccc2c1. The van der Waals surface area contributed by atoms with Gasteiger partial charge in [0.05, 0.1) is 18.5 Å². The molecule has 1 N–H and O–H groups in total. The van der Waals surface area contributed by atoms with Gasteiger partial charge in [-0.25, -0.2) is 8.42 Å². The summed E-state index contributed by atoms with van der Waals surface area (Å²) in [7, 11) is -3.48. The first-order valence-electron chi connectivity index (χ1n) is 10.9. The molecule has 166 valence electrons. The summed E-state index contributed by atoms with van der Waals surface area (Å²) in [4.78, 5) is 12.5. The van der Waals surface area contributed by atoms with Gasteiger partial charge in [-0.15, -0.1) is 0 Å². The lowest BCUT2D eigenvalue weighted by Crippen LogP contribution is -2.29. The second-order valence-electron chi connectivity index (χ2n) is 8.29. The normalized spacial score (nSPS) is 14.1. The molecule has 4 rings (SSSR count). The van der Waals surface area contributed by atoms with Crippen LogP contribution < -0.4 is 9.62 Å². The number of benzene rings is 3. The molecule has 0 unspecified atom stereocenters. The molecule has 32 heavy (non-hydrogen) atoms. The van der Waals surface area contributed by atoms with Gasteiger partial charge in [0.25, 0.3) is 5.91 Å². The summed E-state index contributed by atoms with van der Waals surface area (Å²) in [5.41, 5.74) is 3.30. The van der Waals surface area contributed by atoms with Gasteiger partial charge in [0, 0.05) is 12.1 Å². The van der Waals surface area contributed by atoms with Crippen molar-refractivity contribution >= 4 is 32.4 Å². The Labute approximate surface area is 189 Å². The van der Waals surface area contributed by atoms with Crippen LogP contribution in [0.15, 0.2) is 78.4 Å². The van der Waals surface area contributed by atoms with E-state index in [9.17, 15) is 13.2 Å². The highest BCUT2D eigenvalue weighted by molar-refractivity contribution is 7.92. The number of nitrogens with one attached hydrogen (secondary N) is 1. The Balaban J connectivity index is 1.48. The molecule has 0 fully saturated rings. The molecule has 0 aromatic heterocycles. The number of hydrogen-bond acceptors (Lipinski definition) is 3. The number of amides is 1. The molecular formula is C26H28N2O3S. The number of nitrogens with zero attached hydrogens (tertiary/aromatic N) is 1. The molecule has 0 atom stereocenters. The highest BCUT2D eigenvalue weighted by Crippen LogP contribution is 2.25. The number of hydrogen-bond donors (Lipinski definition) is 1. The number of sulfonamides is 1. The lowest BCUT2D eigenvalue weighted by atomic mass is 9.99. The topological polar surface area (TPSA) is 66.5 Å². The molecule has 0 bridgehead atoms. The molecule has 0 radical (unpaired) electrons. The first-order chi connectivity index (χ1) is 15.4. The first kappa shape index (κ1) is 22.1. The van der Waals surface area contributed by atoms with Crippen molar-refractivity contribution in [2.75, 3.05) is 17.1 Å². The van der Waals surface area contributed by atoms with Gasteiger partial charge in [-0.2, -0.15) is 0 Å². The van der Waals surface area contributed by atoms with Crippen LogP contribution in [0.3, 0.4) is 0 Å². The Morgan fingerprint density at radius 2 is 1.72 bits per heavy atom. The van der Waals surface area contributed by atoms with Crippen LogP contribution in [0.2, 0.25) is 0 Å². The van der Waals surface area contributed by atoms with Gasteiger partial charge in [0.2, 0.25) is 10.0 Å². The minimum Gasteiger partial charge on any atom is -0.348 e. The number of carbonyl (C=O) groups is 1. The fourth-order valence-electron chi connectivity index (χ4n) is 4.02. The van der Waals surface area contributed by atoms with E-state index in [-0.39, 0.29) is 12.5 Å². The van der Waals surface area contributed by atoms with E-state index >= 15 is 0 Å². The minimum atomic E-state index is -3.48. The monoisotopic (exact) mass is 448 g/mol. The maximum atomic E-state index is 12.5. The van der Waals surface area contributed by atoms with Crippen molar-refractivity contribution in [2.45, 2.75) is 32.2 Å². The first-order valence-corrected chi connectivity index (χ1v) is 12.8. The Bertz CT molecular complexity index is 1250. The molecule has 1 aliphatic rings. The number of rotatable bonds is 7. The van der Waals surface area contributed by atoms with Gasteiger partial charge < -0.3 is 5.32 Å². The Hall–Kier alpha value is -3.12. The molecule has 0 spiro atoms. The fourth-order valence-corrected chi connectivity index (χ4v) is 4.90. The largest absolute Gasteiger partial charge is 0.348 e. The molecular weight excluding hydrogens is 420 g/mol. The van der Waals surface area contributed by atoms with Gasteiger partial charge in [-0.1, -0.05) is 54.1 Å². The summed E-state index contributed by atoms with van der Waals surface area (Å²) in [5, 5.41) is 5.03. The van der Waals surface area contributed by atoms with Crippen LogP contribution in [0.5, 0.6) is 0 Å². The van der Waals surface area contributed by atoms with E-state index in [1.165, 1.54) is 29.0 Å². The van der Waals surface area contributed by atoms with Gasteiger partial charge in [-0.05, 0) is 66.3 Å². The third-order valence-electron chi connectivity index (χ3n) is 5.82. The van der Waals surface area contributed by atoms with Crippen molar-refractivity contribution < 1.29 is 13.2 Å². The van der Waals surface area contributed by atoms with Crippen LogP contribution >= 0.6 is 0 Å². The lowest BCUT2D eigenvalue weighted by Gasteiger charge is -2.23. The number of anilines is 1. The molecule has 0 saturated heterocycles. The van der Waals surface area contributed by atoms with Crippen molar-refractivity contribution in [1.29, 1.82) is 0 Å². The van der Waals surface area contributed by atoms with Crippen LogP contribution in [-0.2, 0) is 16.6 Å². The fraction of sp³-hybridized carbons (Fsp3) is 0.269. The molecule has 3 aromatic carbocycles. The van der Waals surface area contributed by atoms with Crippen molar-refractivity contribution in [3.8, 4) is 0 Å². The standard InChI is InChI=1S/C26H28N2O3S/c1-32(30,31)28(25-16-15-22-9-5-6-10-24(22)17-25)19-21-11-13-23(14-12-21)26(29)27-18-20-7-3-2-4-8-20/h5-7,9-17H,2-4,8,18-19H2,1H3,(H,27,29). The maximum absolute atomic E-state index is 12.5. The van der Waals surface area contributed by atoms with Crippen molar-refractivity contribution in [3.63, 3.8) is 0 Å². The third kappa shape index (κ3) is 5.37. The minimum absolute atomic E-state index is 0.113. The van der Waals surface area contributed by atoms with Gasteiger partial charge in [0.1, 0.15) is 0 Å². The number of allylic oxidation sites excluding steroid dienone is 1. The number of carbonyl (C=O) groups excluding carboxylic acids is 1. The third-order valence-corrected chi connectivity index (χ3v) is 6.97. The van der Waals surface area contributed by atoms with E-state index in [4.69, 9.17) is 0 Å². The van der Waals surface area contributed by atoms with E-state index in [2.05, 4.69) is 11.4 Å². The highest BCUT2D eigenvalue weighted by Gasteiger charge is 2.18. The predicted octanol–water partition coefficient (Wildman–Crippen LogP) is 5.04. The second-order valence-corrected chi connectivity index (χ2v) is 10.2. The quantitative estimate of drug-likeness (QED) is 0.515. The van der Waals surface area contributed by atoms with Crippen LogP contribution in [0.4, 0.5) is 5.69 Å². The van der Waals surface area contributed by atoms with Crippen molar-refractivity contribution in [2.24, 2.45) is 0 Å². The number of fused-ring (bicyclic) bond motifs is 1. The van der Waals surface area contributed by atoms with Crippen LogP contribution in [0.1, 0.15) is 41.6 Å². The summed E-state index contributed by atoms with van der Waals surface area (Å²) in [6.45, 7) is 0.788. The van der Waals surface area contributed by atoms with Crippen LogP contribution in [-0.4, -0.2) is 27.1 Å². The molecule has 6 heteroatoms. The smallest absolute Gasteiger partial charge is 0.251 e. The molecule has 5 nitrogen and oxygen atoms in total. The second kappa shape index (κ2) is 9.57. The predicted molar refractivity (Wildman–Crippen MR) is 130 cm³/mol. The van der Waals surface area contributed by atoms with E-state index in [1.54, 1.807) is 12.1 Å². The van der Waals surface area contributed by atoms with Crippen molar-refractivity contribution in [1.82, 2.24) is 5.32 Å². The van der Waals surface area contributed by atoms with Crippen LogP contribution in [0.25, 0.3) is 10.8 Å². The molecule has 3 aromatic rings. The summed E-state index contributed by atoms with van der Waals surface area (Å²) in [6, 6.07) is 20.6. The zero-order valence-electron chi connectivity index (χ0n) is 18.3. The summed E-state index contributed by atoms with van der Waals surface area (Å²) in [5.74, 6) is -0.113. The molecule has 1 aliphatic carbocycles. The lowest BCUT2D eigenvalue weighted by molar-refractivity contribution is 0.0956. The molecule has 1 amide bonds. The van der Waals surface area contributed by atoms with E-state index in [0.717, 1.165) is 29.2 Å². The molecule has 0 aliphatic heterocycles. The van der Waals surface area contributed by atoms with E-state index in [1.807, 2.05) is 54.6 Å². The Morgan fingerprint density at radius 1 is 0.969 bits per heavy atom. The Morgan fingerprint density at radius 3 is 2.41 bits per heavy atom. The zero-order valence-corrected chi connectivity index (χ0v) is 19.1. The van der Waals surface area contributed by atoms with Gasteiger partial charge in [-0.3, -0.25) is 9.10 Å². The molecule has 0 saturated carbocycles. The zero-order chi connectivity index (χ0) is 22.6. The highest BCUT2D eigenvalue weighted by atomic mass is 32.2. The summed E-state index contributed by atoms with van der Waals surface area (Å²) in [6.07, 6.45) is 7.99. The molecule has 0 heterocycles. The summed E-state index contributed by atoms with van der Waals surface area (Å²) < 4.78 is 26.5. The average Bonchev–Trinajstić information content (AvgIpc) is 2.81. The average molecular weight is 449 g/mol. The van der Waals surface area contributed by atoms with Crippen molar-refractivity contribution in [3.05, 3.63) is 89.5 Å². The van der Waals surface area contributed by atoms with Gasteiger partial charge in [0.15, 0.2) is 0 Å². The maximum Gasteiger partial charge on any atom is 0.251 e. The van der Waals surface area contributed by atoms with Gasteiger partial charge >= 0.3 is 0 Å². The summed E-state index contributed by atoms with van der Waals surface area (Å²) >= 11 is 0.